The first-order valence-electron chi connectivity index (χ1n) is 6.55. The van der Waals surface area contributed by atoms with E-state index in [-0.39, 0.29) is 6.10 Å². The number of aliphatic hydroxyl groups excluding tert-OH is 1. The number of rotatable bonds is 1. The molecule has 2 rings (SSSR count). The zero-order valence-electron chi connectivity index (χ0n) is 10.9. The van der Waals surface area contributed by atoms with E-state index in [1.54, 1.807) is 0 Å². The van der Waals surface area contributed by atoms with Crippen LogP contribution in [-0.4, -0.2) is 24.3 Å². The van der Waals surface area contributed by atoms with Gasteiger partial charge in [0.15, 0.2) is 0 Å². The summed E-state index contributed by atoms with van der Waals surface area (Å²) in [5, 5.41) is 9.57. The normalized spacial score (nSPS) is 20.2. The quantitative estimate of drug-likeness (QED) is 0.737. The number of nitrogens with zero attached hydrogens (tertiary/aromatic N) is 1. The minimum absolute atomic E-state index is 0.139. The van der Waals surface area contributed by atoms with Crippen LogP contribution in [0.15, 0.2) is 24.3 Å². The zero-order chi connectivity index (χ0) is 12.7. The van der Waals surface area contributed by atoms with Crippen LogP contribution in [-0.2, 0) is 0 Å². The Morgan fingerprint density at radius 3 is 2.59 bits per heavy atom. The fourth-order valence-electron chi connectivity index (χ4n) is 2.10. The maximum absolute atomic E-state index is 9.57. The van der Waals surface area contributed by atoms with E-state index in [0.29, 0.717) is 0 Å². The molecule has 1 atom stereocenters. The minimum atomic E-state index is -0.139. The summed E-state index contributed by atoms with van der Waals surface area (Å²) in [6.07, 6.45) is 2.65. The minimum Gasteiger partial charge on any atom is -0.397 e. The van der Waals surface area contributed by atoms with Crippen LogP contribution in [0.1, 0.15) is 33.1 Å². The number of aliphatic hydroxyl groups is 1. The Balaban J connectivity index is 0.000000686. The molecule has 0 aromatic heterocycles. The van der Waals surface area contributed by atoms with E-state index in [1.807, 2.05) is 38.1 Å². The second-order valence-corrected chi connectivity index (χ2v) is 4.13. The Labute approximate surface area is 104 Å². The molecule has 0 saturated carbocycles. The van der Waals surface area contributed by atoms with Crippen LogP contribution in [0.25, 0.3) is 0 Å². The van der Waals surface area contributed by atoms with Crippen LogP contribution in [0.3, 0.4) is 0 Å². The van der Waals surface area contributed by atoms with Crippen molar-refractivity contribution in [2.24, 2.45) is 0 Å². The van der Waals surface area contributed by atoms with Crippen LogP contribution in [0.4, 0.5) is 11.4 Å². The standard InChI is InChI=1S/C12H18N2O.C2H6/c13-11-5-1-2-6-12(11)14-8-3-4-10(15)7-9-14;1-2/h1-2,5-6,10,15H,3-4,7-9,13H2;1-2H3. The van der Waals surface area contributed by atoms with Crippen molar-refractivity contribution in [1.82, 2.24) is 0 Å². The van der Waals surface area contributed by atoms with Crippen molar-refractivity contribution in [3.05, 3.63) is 24.3 Å². The fraction of sp³-hybridized carbons (Fsp3) is 0.571. The summed E-state index contributed by atoms with van der Waals surface area (Å²) in [4.78, 5) is 2.27. The molecule has 1 saturated heterocycles. The molecule has 3 heteroatoms. The van der Waals surface area contributed by atoms with Gasteiger partial charge in [-0.05, 0) is 31.4 Å². The number of para-hydroxylation sites is 2. The number of benzene rings is 1. The highest BCUT2D eigenvalue weighted by Crippen LogP contribution is 2.25. The Morgan fingerprint density at radius 1 is 1.18 bits per heavy atom. The number of hydrogen-bond acceptors (Lipinski definition) is 3. The van der Waals surface area contributed by atoms with Gasteiger partial charge in [0.25, 0.3) is 0 Å². The van der Waals surface area contributed by atoms with Crippen molar-refractivity contribution in [2.45, 2.75) is 39.2 Å². The van der Waals surface area contributed by atoms with Crippen molar-refractivity contribution in [1.29, 1.82) is 0 Å². The molecule has 1 unspecified atom stereocenters. The molecule has 0 amide bonds. The lowest BCUT2D eigenvalue weighted by Gasteiger charge is -2.24. The van der Waals surface area contributed by atoms with Crippen LogP contribution >= 0.6 is 0 Å². The van der Waals surface area contributed by atoms with E-state index in [0.717, 1.165) is 43.7 Å². The van der Waals surface area contributed by atoms with E-state index in [1.165, 1.54) is 0 Å². The summed E-state index contributed by atoms with van der Waals surface area (Å²) >= 11 is 0. The third-order valence-electron chi connectivity index (χ3n) is 2.98. The largest absolute Gasteiger partial charge is 0.397 e. The third kappa shape index (κ3) is 3.93. The Morgan fingerprint density at radius 2 is 1.88 bits per heavy atom. The molecule has 0 aliphatic carbocycles. The molecule has 1 aliphatic rings. The summed E-state index contributed by atoms with van der Waals surface area (Å²) in [6, 6.07) is 7.93. The van der Waals surface area contributed by atoms with Crippen LogP contribution in [0, 0.1) is 0 Å². The highest BCUT2D eigenvalue weighted by atomic mass is 16.3. The van der Waals surface area contributed by atoms with Crippen molar-refractivity contribution < 1.29 is 5.11 Å². The summed E-state index contributed by atoms with van der Waals surface area (Å²) in [5.41, 5.74) is 7.86. The SMILES string of the molecule is CC.Nc1ccccc1N1CCCC(O)CC1. The van der Waals surface area contributed by atoms with Gasteiger partial charge in [0.05, 0.1) is 17.5 Å². The number of nitrogen functional groups attached to an aromatic ring is 1. The van der Waals surface area contributed by atoms with Gasteiger partial charge in [0, 0.05) is 13.1 Å². The molecule has 17 heavy (non-hydrogen) atoms. The van der Waals surface area contributed by atoms with Gasteiger partial charge in [-0.15, -0.1) is 0 Å². The molecular formula is C14H24N2O. The van der Waals surface area contributed by atoms with Gasteiger partial charge in [0.1, 0.15) is 0 Å². The maximum Gasteiger partial charge on any atom is 0.0599 e. The molecular weight excluding hydrogens is 212 g/mol. The van der Waals surface area contributed by atoms with Gasteiger partial charge in [-0.1, -0.05) is 26.0 Å². The molecule has 1 fully saturated rings. The van der Waals surface area contributed by atoms with E-state index >= 15 is 0 Å². The monoisotopic (exact) mass is 236 g/mol. The first-order valence-corrected chi connectivity index (χ1v) is 6.55. The Kier molecular flexibility index (Phi) is 5.84. The molecule has 1 aromatic carbocycles. The first-order chi connectivity index (χ1) is 8.27. The topological polar surface area (TPSA) is 49.5 Å². The fourth-order valence-corrected chi connectivity index (χ4v) is 2.10. The molecule has 0 radical (unpaired) electrons. The van der Waals surface area contributed by atoms with Gasteiger partial charge in [-0.25, -0.2) is 0 Å². The molecule has 0 spiro atoms. The summed E-state index contributed by atoms with van der Waals surface area (Å²) in [7, 11) is 0. The average molecular weight is 236 g/mol. The van der Waals surface area contributed by atoms with E-state index in [2.05, 4.69) is 4.90 Å². The zero-order valence-corrected chi connectivity index (χ0v) is 10.9. The molecule has 1 aliphatic heterocycles. The highest BCUT2D eigenvalue weighted by Gasteiger charge is 2.16. The van der Waals surface area contributed by atoms with Crippen molar-refractivity contribution in [2.75, 3.05) is 23.7 Å². The Hall–Kier alpha value is -1.22. The third-order valence-corrected chi connectivity index (χ3v) is 2.98. The smallest absolute Gasteiger partial charge is 0.0599 e. The van der Waals surface area contributed by atoms with E-state index in [9.17, 15) is 5.11 Å². The Bertz CT molecular complexity index is 328. The van der Waals surface area contributed by atoms with Gasteiger partial charge in [-0.3, -0.25) is 0 Å². The molecule has 0 bridgehead atoms. The summed E-state index contributed by atoms with van der Waals surface area (Å²) in [5.74, 6) is 0. The second-order valence-electron chi connectivity index (χ2n) is 4.13. The molecule has 1 aromatic rings. The lowest BCUT2D eigenvalue weighted by atomic mass is 10.2. The van der Waals surface area contributed by atoms with Gasteiger partial charge < -0.3 is 15.7 Å². The first kappa shape index (κ1) is 13.8. The number of anilines is 2. The van der Waals surface area contributed by atoms with Gasteiger partial charge in [0.2, 0.25) is 0 Å². The summed E-state index contributed by atoms with van der Waals surface area (Å²) < 4.78 is 0. The van der Waals surface area contributed by atoms with Crippen molar-refractivity contribution in [3.8, 4) is 0 Å². The van der Waals surface area contributed by atoms with E-state index in [4.69, 9.17) is 5.73 Å². The molecule has 3 nitrogen and oxygen atoms in total. The van der Waals surface area contributed by atoms with Crippen LogP contribution in [0.5, 0.6) is 0 Å². The van der Waals surface area contributed by atoms with Crippen LogP contribution in [0.2, 0.25) is 0 Å². The summed E-state index contributed by atoms with van der Waals surface area (Å²) in [6.45, 7) is 5.89. The predicted octanol–water partition coefficient (Wildman–Crippen LogP) is 2.65. The molecule has 3 N–H and O–H groups in total. The lowest BCUT2D eigenvalue weighted by molar-refractivity contribution is 0.161. The predicted molar refractivity (Wildman–Crippen MR) is 74.3 cm³/mol. The molecule has 1 heterocycles. The number of nitrogens with two attached hydrogens (primary N) is 1. The van der Waals surface area contributed by atoms with Gasteiger partial charge >= 0.3 is 0 Å². The van der Waals surface area contributed by atoms with Crippen molar-refractivity contribution >= 4 is 11.4 Å². The number of hydrogen-bond donors (Lipinski definition) is 2. The lowest BCUT2D eigenvalue weighted by Crippen LogP contribution is -2.25. The molecule has 96 valence electrons. The van der Waals surface area contributed by atoms with Gasteiger partial charge in [-0.2, -0.15) is 0 Å². The van der Waals surface area contributed by atoms with Crippen LogP contribution < -0.4 is 10.6 Å². The maximum atomic E-state index is 9.57. The van der Waals surface area contributed by atoms with Crippen molar-refractivity contribution in [3.63, 3.8) is 0 Å². The highest BCUT2D eigenvalue weighted by molar-refractivity contribution is 5.67. The van der Waals surface area contributed by atoms with E-state index < -0.39 is 0 Å². The second kappa shape index (κ2) is 7.17. The average Bonchev–Trinajstić information content (AvgIpc) is 2.57.